The number of hydrogen-bond donors (Lipinski definition) is 0. The molecule has 6 heteroatoms. The number of nitrogens with zero attached hydrogens (tertiary/aromatic N) is 3. The molecule has 4 rings (SSSR count). The van der Waals surface area contributed by atoms with Gasteiger partial charge in [0.05, 0.1) is 0 Å². The summed E-state index contributed by atoms with van der Waals surface area (Å²) < 4.78 is 13.4. The van der Waals surface area contributed by atoms with E-state index >= 15 is 0 Å². The fraction of sp³-hybridized carbons (Fsp3) is 0.375. The highest BCUT2D eigenvalue weighted by molar-refractivity contribution is 5.94. The Bertz CT molecular complexity index is 1200. The first kappa shape index (κ1) is 27.5. The first-order valence-electron chi connectivity index (χ1n) is 13.4. The van der Waals surface area contributed by atoms with Gasteiger partial charge in [0.25, 0.3) is 5.91 Å². The van der Waals surface area contributed by atoms with Gasteiger partial charge in [-0.15, -0.1) is 0 Å². The molecule has 5 nitrogen and oxygen atoms in total. The van der Waals surface area contributed by atoms with Gasteiger partial charge in [-0.05, 0) is 46.4 Å². The second-order valence-electron chi connectivity index (χ2n) is 11.3. The number of rotatable bonds is 8. The molecule has 1 heterocycles. The summed E-state index contributed by atoms with van der Waals surface area (Å²) in [5.41, 5.74) is 3.75. The third-order valence-corrected chi connectivity index (χ3v) is 6.91. The van der Waals surface area contributed by atoms with E-state index in [-0.39, 0.29) is 23.0 Å². The molecule has 3 aromatic rings. The molecule has 0 aliphatic carbocycles. The van der Waals surface area contributed by atoms with E-state index in [0.29, 0.717) is 38.2 Å². The maximum Gasteiger partial charge on any atom is 0.253 e. The molecule has 0 saturated carbocycles. The number of carbonyl (C=O) groups excluding carboxylic acids is 2. The van der Waals surface area contributed by atoms with E-state index in [2.05, 4.69) is 37.8 Å². The lowest BCUT2D eigenvalue weighted by Gasteiger charge is -2.36. The van der Waals surface area contributed by atoms with Crippen molar-refractivity contribution in [3.05, 3.63) is 95.8 Å². The van der Waals surface area contributed by atoms with E-state index in [1.54, 1.807) is 12.1 Å². The summed E-state index contributed by atoms with van der Waals surface area (Å²) in [6.45, 7) is 10.8. The van der Waals surface area contributed by atoms with E-state index in [0.717, 1.165) is 36.3 Å². The monoisotopic (exact) mass is 515 g/mol. The van der Waals surface area contributed by atoms with Gasteiger partial charge in [0.2, 0.25) is 5.91 Å². The smallest absolute Gasteiger partial charge is 0.253 e. The number of hydrogen-bond acceptors (Lipinski definition) is 3. The SMILES string of the molecule is CC(C)(C)CC(=O)N(CCN1CCN(C(=O)c2ccc(-c3ccccc3)cc2)CC1)Cc1ccc(F)cc1. The van der Waals surface area contributed by atoms with Crippen LogP contribution in [0.5, 0.6) is 0 Å². The fourth-order valence-corrected chi connectivity index (χ4v) is 4.72. The van der Waals surface area contributed by atoms with Crippen LogP contribution in [-0.2, 0) is 11.3 Å². The molecule has 1 fully saturated rings. The molecule has 0 atom stereocenters. The predicted octanol–water partition coefficient (Wildman–Crippen LogP) is 5.72. The largest absolute Gasteiger partial charge is 0.337 e. The van der Waals surface area contributed by atoms with Crippen molar-refractivity contribution < 1.29 is 14.0 Å². The molecule has 1 aliphatic heterocycles. The summed E-state index contributed by atoms with van der Waals surface area (Å²) in [7, 11) is 0. The van der Waals surface area contributed by atoms with Crippen molar-refractivity contribution in [1.29, 1.82) is 0 Å². The molecule has 2 amide bonds. The van der Waals surface area contributed by atoms with Crippen LogP contribution in [0.4, 0.5) is 4.39 Å². The number of carbonyl (C=O) groups is 2. The van der Waals surface area contributed by atoms with Crippen LogP contribution in [0.2, 0.25) is 0 Å². The van der Waals surface area contributed by atoms with Crippen LogP contribution in [0, 0.1) is 11.2 Å². The van der Waals surface area contributed by atoms with Crippen LogP contribution in [-0.4, -0.2) is 65.8 Å². The average molecular weight is 516 g/mol. The molecular weight excluding hydrogens is 477 g/mol. The molecule has 200 valence electrons. The Balaban J connectivity index is 1.30. The minimum absolute atomic E-state index is 0.0579. The van der Waals surface area contributed by atoms with Gasteiger partial charge in [0.1, 0.15) is 5.82 Å². The van der Waals surface area contributed by atoms with Gasteiger partial charge < -0.3 is 9.80 Å². The second kappa shape index (κ2) is 12.4. The standard InChI is InChI=1S/C32H38FN3O2/c1-32(2,3)23-30(37)36(24-25-9-15-29(33)16-10-25)22-19-34-17-20-35(21-18-34)31(38)28-13-11-27(12-14-28)26-7-5-4-6-8-26/h4-16H,17-24H2,1-3H3. The van der Waals surface area contributed by atoms with Gasteiger partial charge in [-0.3, -0.25) is 14.5 Å². The molecule has 0 unspecified atom stereocenters. The molecule has 0 N–H and O–H groups in total. The quantitative estimate of drug-likeness (QED) is 0.386. The first-order chi connectivity index (χ1) is 18.2. The fourth-order valence-electron chi connectivity index (χ4n) is 4.72. The maximum absolute atomic E-state index is 13.4. The first-order valence-corrected chi connectivity index (χ1v) is 13.4. The lowest BCUT2D eigenvalue weighted by atomic mass is 9.91. The molecule has 1 saturated heterocycles. The van der Waals surface area contributed by atoms with Crippen LogP contribution in [0.15, 0.2) is 78.9 Å². The number of amides is 2. The zero-order valence-electron chi connectivity index (χ0n) is 22.7. The maximum atomic E-state index is 13.4. The minimum atomic E-state index is -0.277. The molecule has 0 spiro atoms. The van der Waals surface area contributed by atoms with Crippen LogP contribution in [0.25, 0.3) is 11.1 Å². The number of piperazine rings is 1. The normalized spacial score (nSPS) is 14.4. The van der Waals surface area contributed by atoms with Crippen LogP contribution < -0.4 is 0 Å². The molecule has 38 heavy (non-hydrogen) atoms. The molecule has 0 aromatic heterocycles. The van der Waals surface area contributed by atoms with Crippen LogP contribution in [0.3, 0.4) is 0 Å². The number of benzene rings is 3. The topological polar surface area (TPSA) is 43.9 Å². The molecule has 0 bridgehead atoms. The van der Waals surface area contributed by atoms with Crippen molar-refractivity contribution in [3.63, 3.8) is 0 Å². The van der Waals surface area contributed by atoms with Gasteiger partial charge in [0.15, 0.2) is 0 Å². The Hall–Kier alpha value is -3.51. The number of halogens is 1. The lowest BCUT2D eigenvalue weighted by Crippen LogP contribution is -2.50. The molecular formula is C32H38FN3O2. The Morgan fingerprint density at radius 1 is 0.816 bits per heavy atom. The summed E-state index contributed by atoms with van der Waals surface area (Å²) in [4.78, 5) is 32.3. The summed E-state index contributed by atoms with van der Waals surface area (Å²) in [5.74, 6) is -0.113. The van der Waals surface area contributed by atoms with Gasteiger partial charge >= 0.3 is 0 Å². The van der Waals surface area contributed by atoms with Crippen molar-refractivity contribution in [3.8, 4) is 11.1 Å². The Morgan fingerprint density at radius 3 is 2.03 bits per heavy atom. The lowest BCUT2D eigenvalue weighted by molar-refractivity contribution is -0.134. The zero-order valence-corrected chi connectivity index (χ0v) is 22.7. The van der Waals surface area contributed by atoms with E-state index < -0.39 is 0 Å². The Morgan fingerprint density at radius 2 is 1.42 bits per heavy atom. The van der Waals surface area contributed by atoms with Crippen molar-refractivity contribution >= 4 is 11.8 Å². The molecule has 1 aliphatic rings. The highest BCUT2D eigenvalue weighted by atomic mass is 19.1. The predicted molar refractivity (Wildman–Crippen MR) is 150 cm³/mol. The highest BCUT2D eigenvalue weighted by Crippen LogP contribution is 2.22. The molecule has 3 aromatic carbocycles. The van der Waals surface area contributed by atoms with Crippen molar-refractivity contribution in [2.45, 2.75) is 33.7 Å². The van der Waals surface area contributed by atoms with Crippen molar-refractivity contribution in [2.24, 2.45) is 5.41 Å². The Labute approximate surface area is 225 Å². The van der Waals surface area contributed by atoms with Crippen molar-refractivity contribution in [1.82, 2.24) is 14.7 Å². The van der Waals surface area contributed by atoms with E-state index in [1.807, 2.05) is 52.3 Å². The van der Waals surface area contributed by atoms with E-state index in [9.17, 15) is 14.0 Å². The van der Waals surface area contributed by atoms with Crippen LogP contribution in [0.1, 0.15) is 43.1 Å². The average Bonchev–Trinajstić information content (AvgIpc) is 2.91. The molecule has 0 radical (unpaired) electrons. The third-order valence-electron chi connectivity index (χ3n) is 6.91. The highest BCUT2D eigenvalue weighted by Gasteiger charge is 2.25. The van der Waals surface area contributed by atoms with Gasteiger partial charge in [-0.1, -0.05) is 75.4 Å². The van der Waals surface area contributed by atoms with Gasteiger partial charge in [0, 0.05) is 57.8 Å². The third kappa shape index (κ3) is 7.75. The summed E-state index contributed by atoms with van der Waals surface area (Å²) in [6.07, 6.45) is 0.458. The van der Waals surface area contributed by atoms with Gasteiger partial charge in [-0.25, -0.2) is 4.39 Å². The zero-order chi connectivity index (χ0) is 27.1. The van der Waals surface area contributed by atoms with Crippen molar-refractivity contribution in [2.75, 3.05) is 39.3 Å². The summed E-state index contributed by atoms with van der Waals surface area (Å²) in [6, 6.07) is 24.3. The van der Waals surface area contributed by atoms with E-state index in [4.69, 9.17) is 0 Å². The van der Waals surface area contributed by atoms with E-state index in [1.165, 1.54) is 12.1 Å². The Kier molecular flexibility index (Phi) is 8.95. The summed E-state index contributed by atoms with van der Waals surface area (Å²) in [5, 5.41) is 0. The minimum Gasteiger partial charge on any atom is -0.337 e. The van der Waals surface area contributed by atoms with Gasteiger partial charge in [-0.2, -0.15) is 0 Å². The van der Waals surface area contributed by atoms with Crippen LogP contribution >= 0.6 is 0 Å². The summed E-state index contributed by atoms with van der Waals surface area (Å²) >= 11 is 0. The second-order valence-corrected chi connectivity index (χ2v) is 11.3.